The lowest BCUT2D eigenvalue weighted by molar-refractivity contribution is -0.127. The third kappa shape index (κ3) is 4.35. The molecule has 34 heavy (non-hydrogen) atoms. The Labute approximate surface area is 210 Å². The molecular formula is C24H16Cl2N2O5S. The Morgan fingerprint density at radius 1 is 1.00 bits per heavy atom. The van der Waals surface area contributed by atoms with E-state index >= 15 is 0 Å². The summed E-state index contributed by atoms with van der Waals surface area (Å²) in [7, 11) is 2.75. The molecule has 1 fully saturated rings. The van der Waals surface area contributed by atoms with Gasteiger partial charge in [0.15, 0.2) is 5.11 Å². The van der Waals surface area contributed by atoms with Crippen LogP contribution in [0.2, 0.25) is 10.0 Å². The van der Waals surface area contributed by atoms with Crippen molar-refractivity contribution in [3.63, 3.8) is 0 Å². The minimum Gasteiger partial charge on any atom is -0.465 e. The Balaban J connectivity index is 1.68. The lowest BCUT2D eigenvalue weighted by atomic mass is 10.1. The molecule has 2 aromatic carbocycles. The van der Waals surface area contributed by atoms with E-state index in [1.54, 1.807) is 42.5 Å². The van der Waals surface area contributed by atoms with Crippen LogP contribution in [0.15, 0.2) is 64.6 Å². The summed E-state index contributed by atoms with van der Waals surface area (Å²) in [5.41, 5.74) is 1.25. The number of rotatable bonds is 4. The van der Waals surface area contributed by atoms with Gasteiger partial charge in [-0.05, 0) is 72.9 Å². The maximum atomic E-state index is 13.3. The fraction of sp³-hybridized carbons (Fsp3) is 0.0833. The molecule has 4 rings (SSSR count). The molecule has 7 nitrogen and oxygen atoms in total. The Bertz CT molecular complexity index is 1360. The zero-order valence-corrected chi connectivity index (χ0v) is 20.2. The van der Waals surface area contributed by atoms with Gasteiger partial charge in [0, 0.05) is 12.6 Å². The molecule has 0 bridgehead atoms. The Kier molecular flexibility index (Phi) is 6.56. The minimum absolute atomic E-state index is 0.00825. The van der Waals surface area contributed by atoms with E-state index < -0.39 is 17.8 Å². The average Bonchev–Trinajstić information content (AvgIpc) is 3.31. The predicted molar refractivity (Wildman–Crippen MR) is 133 cm³/mol. The molecule has 0 N–H and O–H groups in total. The van der Waals surface area contributed by atoms with E-state index in [0.29, 0.717) is 38.4 Å². The number of furan rings is 1. The average molecular weight is 515 g/mol. The van der Waals surface area contributed by atoms with Gasteiger partial charge in [0.1, 0.15) is 17.1 Å². The number of methoxy groups -OCH3 is 1. The normalized spacial score (nSPS) is 15.3. The third-order valence-electron chi connectivity index (χ3n) is 5.11. The standard InChI is InChI=1S/C24H16Cl2N2O5S/c1-27-21(29)17(12-16-8-10-20(33-16)14-5-9-18(25)19(26)11-14)22(30)28(24(27)34)15-6-3-13(4-7-15)23(31)32-2/h3-12H,1-2H3/b17-12-. The minimum atomic E-state index is -0.619. The zero-order chi connectivity index (χ0) is 24.6. The monoisotopic (exact) mass is 514 g/mol. The number of benzene rings is 2. The number of carbonyl (C=O) groups excluding carboxylic acids is 3. The smallest absolute Gasteiger partial charge is 0.337 e. The van der Waals surface area contributed by atoms with Gasteiger partial charge in [-0.1, -0.05) is 23.2 Å². The van der Waals surface area contributed by atoms with Crippen LogP contribution in [0.4, 0.5) is 5.69 Å². The van der Waals surface area contributed by atoms with Gasteiger partial charge in [-0.3, -0.25) is 19.4 Å². The molecule has 1 aromatic heterocycles. The van der Waals surface area contributed by atoms with Crippen molar-refractivity contribution in [1.29, 1.82) is 0 Å². The first-order valence-corrected chi connectivity index (χ1v) is 11.0. The second-order valence-electron chi connectivity index (χ2n) is 7.21. The molecule has 2 amide bonds. The Morgan fingerprint density at radius 3 is 2.35 bits per heavy atom. The van der Waals surface area contributed by atoms with Gasteiger partial charge < -0.3 is 9.15 Å². The fourth-order valence-electron chi connectivity index (χ4n) is 3.31. The van der Waals surface area contributed by atoms with Crippen molar-refractivity contribution in [3.8, 4) is 11.3 Å². The molecule has 0 aliphatic carbocycles. The van der Waals surface area contributed by atoms with Crippen LogP contribution in [0.1, 0.15) is 16.1 Å². The number of carbonyl (C=O) groups is 3. The van der Waals surface area contributed by atoms with E-state index in [2.05, 4.69) is 0 Å². The van der Waals surface area contributed by atoms with Crippen LogP contribution in [0.3, 0.4) is 0 Å². The van der Waals surface area contributed by atoms with Crippen LogP contribution in [-0.2, 0) is 14.3 Å². The molecular weight excluding hydrogens is 499 g/mol. The molecule has 0 unspecified atom stereocenters. The zero-order valence-electron chi connectivity index (χ0n) is 17.9. The van der Waals surface area contributed by atoms with Crippen molar-refractivity contribution >= 4 is 70.1 Å². The number of hydrogen-bond donors (Lipinski definition) is 0. The second kappa shape index (κ2) is 9.42. The first-order valence-electron chi connectivity index (χ1n) is 9.83. The van der Waals surface area contributed by atoms with E-state index in [1.165, 1.54) is 42.2 Å². The highest BCUT2D eigenvalue weighted by Crippen LogP contribution is 2.31. The Hall–Kier alpha value is -3.46. The summed E-state index contributed by atoms with van der Waals surface area (Å²) in [6.07, 6.45) is 1.36. The van der Waals surface area contributed by atoms with Crippen molar-refractivity contribution in [2.75, 3.05) is 19.1 Å². The van der Waals surface area contributed by atoms with Gasteiger partial charge in [0.2, 0.25) is 0 Å². The van der Waals surface area contributed by atoms with E-state index in [-0.39, 0.29) is 10.7 Å². The van der Waals surface area contributed by atoms with E-state index in [1.807, 2.05) is 0 Å². The first kappa shape index (κ1) is 23.7. The number of likely N-dealkylation sites (N-methyl/N-ethyl adjacent to an activating group) is 1. The second-order valence-corrected chi connectivity index (χ2v) is 8.39. The van der Waals surface area contributed by atoms with Crippen molar-refractivity contribution in [1.82, 2.24) is 4.90 Å². The molecule has 1 aliphatic heterocycles. The van der Waals surface area contributed by atoms with E-state index in [4.69, 9.17) is 44.6 Å². The van der Waals surface area contributed by atoms with Gasteiger partial charge in [-0.2, -0.15) is 0 Å². The summed E-state index contributed by atoms with van der Waals surface area (Å²) in [6, 6.07) is 14.5. The molecule has 0 saturated carbocycles. The van der Waals surface area contributed by atoms with Gasteiger partial charge in [-0.15, -0.1) is 0 Å². The highest BCUT2D eigenvalue weighted by atomic mass is 35.5. The van der Waals surface area contributed by atoms with Gasteiger partial charge in [0.05, 0.1) is 28.4 Å². The molecule has 0 spiro atoms. The molecule has 1 saturated heterocycles. The van der Waals surface area contributed by atoms with E-state index in [9.17, 15) is 14.4 Å². The van der Waals surface area contributed by atoms with Crippen LogP contribution in [0.5, 0.6) is 0 Å². The van der Waals surface area contributed by atoms with Crippen molar-refractivity contribution in [2.45, 2.75) is 0 Å². The third-order valence-corrected chi connectivity index (χ3v) is 6.31. The van der Waals surface area contributed by atoms with Gasteiger partial charge in [0.25, 0.3) is 11.8 Å². The lowest BCUT2D eigenvalue weighted by Crippen LogP contribution is -2.54. The summed E-state index contributed by atoms with van der Waals surface area (Å²) >= 11 is 17.4. The molecule has 1 aliphatic rings. The predicted octanol–water partition coefficient (Wildman–Crippen LogP) is 5.21. The maximum Gasteiger partial charge on any atom is 0.337 e. The quantitative estimate of drug-likeness (QED) is 0.205. The maximum absolute atomic E-state index is 13.3. The molecule has 2 heterocycles. The van der Waals surface area contributed by atoms with Crippen LogP contribution in [0.25, 0.3) is 17.4 Å². The molecule has 0 radical (unpaired) electrons. The lowest BCUT2D eigenvalue weighted by Gasteiger charge is -2.34. The number of ether oxygens (including phenoxy) is 1. The van der Waals surface area contributed by atoms with E-state index in [0.717, 1.165) is 0 Å². The SMILES string of the molecule is COC(=O)c1ccc(N2C(=O)/C(=C\c3ccc(-c4ccc(Cl)c(Cl)c4)o3)C(=O)N(C)C2=S)cc1. The van der Waals surface area contributed by atoms with Crippen molar-refractivity contribution in [3.05, 3.63) is 81.5 Å². The van der Waals surface area contributed by atoms with Crippen LogP contribution < -0.4 is 4.90 Å². The molecule has 10 heteroatoms. The topological polar surface area (TPSA) is 80.1 Å². The highest BCUT2D eigenvalue weighted by molar-refractivity contribution is 7.80. The van der Waals surface area contributed by atoms with Crippen LogP contribution in [-0.4, -0.2) is 42.0 Å². The Morgan fingerprint density at radius 2 is 1.71 bits per heavy atom. The summed E-state index contributed by atoms with van der Waals surface area (Å²) in [5, 5.41) is 0.794. The van der Waals surface area contributed by atoms with Crippen molar-refractivity contribution < 1.29 is 23.5 Å². The highest BCUT2D eigenvalue weighted by Gasteiger charge is 2.38. The largest absolute Gasteiger partial charge is 0.465 e. The molecule has 172 valence electrons. The van der Waals surface area contributed by atoms with Crippen LogP contribution in [0, 0.1) is 0 Å². The summed E-state index contributed by atoms with van der Waals surface area (Å²) in [5.74, 6) is -0.917. The summed E-state index contributed by atoms with van der Waals surface area (Å²) in [6.45, 7) is 0. The summed E-state index contributed by atoms with van der Waals surface area (Å²) in [4.78, 5) is 40.3. The molecule has 3 aromatic rings. The van der Waals surface area contributed by atoms with Crippen LogP contribution >= 0.6 is 35.4 Å². The number of anilines is 1. The van der Waals surface area contributed by atoms with Gasteiger partial charge >= 0.3 is 5.97 Å². The van der Waals surface area contributed by atoms with Gasteiger partial charge in [-0.25, -0.2) is 4.79 Å². The fourth-order valence-corrected chi connectivity index (χ4v) is 3.88. The number of nitrogens with zero attached hydrogens (tertiary/aromatic N) is 2. The summed E-state index contributed by atoms with van der Waals surface area (Å²) < 4.78 is 10.5. The van der Waals surface area contributed by atoms with Crippen molar-refractivity contribution in [2.24, 2.45) is 0 Å². The number of thiocarbonyl (C=S) groups is 1. The number of hydrogen-bond acceptors (Lipinski definition) is 6. The number of amides is 2. The number of halogens is 2. The molecule has 0 atom stereocenters. The first-order chi connectivity index (χ1) is 16.2. The number of esters is 1.